The van der Waals surface area contributed by atoms with Crippen LogP contribution in [0.2, 0.25) is 0 Å². The van der Waals surface area contributed by atoms with Gasteiger partial charge in [-0.3, -0.25) is 4.79 Å². The number of ketones is 1. The van der Waals surface area contributed by atoms with Gasteiger partial charge in [0.1, 0.15) is 11.5 Å². The Morgan fingerprint density at radius 1 is 1.32 bits per heavy atom. The van der Waals surface area contributed by atoms with Crippen LogP contribution in [-0.2, 0) is 11.2 Å². The van der Waals surface area contributed by atoms with Crippen molar-refractivity contribution in [2.24, 2.45) is 17.3 Å². The third-order valence-electron chi connectivity index (χ3n) is 6.63. The molecule has 0 aromatic heterocycles. The Kier molecular flexibility index (Phi) is 3.12. The molecule has 3 nitrogen and oxygen atoms in total. The molecule has 0 radical (unpaired) electrons. The van der Waals surface area contributed by atoms with Crippen molar-refractivity contribution >= 4 is 5.78 Å². The van der Waals surface area contributed by atoms with Gasteiger partial charge in [0.15, 0.2) is 0 Å². The normalized spacial score (nSPS) is 39.9. The van der Waals surface area contributed by atoms with Gasteiger partial charge in [-0.1, -0.05) is 13.0 Å². The number of carbonyl (C=O) groups excluding carboxylic acids is 1. The van der Waals surface area contributed by atoms with Crippen LogP contribution < -0.4 is 4.74 Å². The van der Waals surface area contributed by atoms with Crippen molar-refractivity contribution in [3.05, 3.63) is 29.3 Å². The lowest BCUT2D eigenvalue weighted by Crippen LogP contribution is -2.45. The predicted molar refractivity (Wildman–Crippen MR) is 84.0 cm³/mol. The zero-order valence-corrected chi connectivity index (χ0v) is 13.3. The maximum Gasteiger partial charge on any atom is 0.141 e. The van der Waals surface area contributed by atoms with Crippen LogP contribution in [0, 0.1) is 17.3 Å². The smallest absolute Gasteiger partial charge is 0.141 e. The van der Waals surface area contributed by atoms with E-state index in [1.807, 2.05) is 6.07 Å². The monoisotopic (exact) mass is 300 g/mol. The Labute approximate surface area is 131 Å². The molecule has 1 aromatic carbocycles. The fraction of sp³-hybridized carbons (Fsp3) is 0.632. The van der Waals surface area contributed by atoms with Crippen molar-refractivity contribution in [3.8, 4) is 5.75 Å². The van der Waals surface area contributed by atoms with Gasteiger partial charge in [0.25, 0.3) is 0 Å². The Morgan fingerprint density at radius 2 is 2.14 bits per heavy atom. The van der Waals surface area contributed by atoms with E-state index in [1.54, 1.807) is 7.11 Å². The summed E-state index contributed by atoms with van der Waals surface area (Å²) in [5.74, 6) is 2.29. The molecule has 22 heavy (non-hydrogen) atoms. The van der Waals surface area contributed by atoms with E-state index >= 15 is 0 Å². The van der Waals surface area contributed by atoms with Gasteiger partial charge >= 0.3 is 0 Å². The number of rotatable bonds is 1. The van der Waals surface area contributed by atoms with Gasteiger partial charge in [-0.2, -0.15) is 0 Å². The number of fused-ring (bicyclic) bond motifs is 5. The summed E-state index contributed by atoms with van der Waals surface area (Å²) < 4.78 is 5.35. The van der Waals surface area contributed by atoms with E-state index in [2.05, 4.69) is 19.1 Å². The van der Waals surface area contributed by atoms with Gasteiger partial charge in [-0.15, -0.1) is 0 Å². The summed E-state index contributed by atoms with van der Waals surface area (Å²) in [7, 11) is 1.71. The average molecular weight is 300 g/mol. The van der Waals surface area contributed by atoms with Crippen LogP contribution >= 0.6 is 0 Å². The van der Waals surface area contributed by atoms with Gasteiger partial charge in [0.05, 0.1) is 13.2 Å². The van der Waals surface area contributed by atoms with E-state index in [1.165, 1.54) is 11.1 Å². The molecule has 0 bridgehead atoms. The average Bonchev–Trinajstić information content (AvgIpc) is 2.76. The predicted octanol–water partition coefficient (Wildman–Crippen LogP) is 3.09. The Balaban J connectivity index is 1.72. The first kappa shape index (κ1) is 14.3. The molecule has 2 fully saturated rings. The molecule has 1 aromatic rings. The second kappa shape index (κ2) is 4.82. The summed E-state index contributed by atoms with van der Waals surface area (Å²) in [6, 6.07) is 6.41. The van der Waals surface area contributed by atoms with Crippen LogP contribution in [-0.4, -0.2) is 24.1 Å². The molecule has 0 saturated heterocycles. The highest BCUT2D eigenvalue weighted by Crippen LogP contribution is 2.59. The van der Waals surface area contributed by atoms with Crippen LogP contribution in [0.3, 0.4) is 0 Å². The molecular weight excluding hydrogens is 276 g/mol. The third-order valence-corrected chi connectivity index (χ3v) is 6.63. The van der Waals surface area contributed by atoms with Gasteiger partial charge in [0.2, 0.25) is 0 Å². The van der Waals surface area contributed by atoms with Crippen LogP contribution in [0.1, 0.15) is 49.7 Å². The van der Waals surface area contributed by atoms with Crippen molar-refractivity contribution in [3.63, 3.8) is 0 Å². The number of hydrogen-bond acceptors (Lipinski definition) is 3. The lowest BCUT2D eigenvalue weighted by Gasteiger charge is -2.49. The first-order valence-electron chi connectivity index (χ1n) is 8.43. The number of aliphatic hydroxyl groups is 1. The van der Waals surface area contributed by atoms with Crippen molar-refractivity contribution in [2.45, 2.75) is 51.0 Å². The lowest BCUT2D eigenvalue weighted by atomic mass is 9.55. The Morgan fingerprint density at radius 3 is 2.91 bits per heavy atom. The third kappa shape index (κ3) is 1.81. The number of hydrogen-bond donors (Lipinski definition) is 1. The van der Waals surface area contributed by atoms with Crippen molar-refractivity contribution in [1.82, 2.24) is 0 Å². The zero-order chi connectivity index (χ0) is 15.5. The Bertz CT molecular complexity index is 623. The second-order valence-electron chi connectivity index (χ2n) is 7.55. The van der Waals surface area contributed by atoms with E-state index in [9.17, 15) is 9.90 Å². The summed E-state index contributed by atoms with van der Waals surface area (Å²) in [4.78, 5) is 12.4. The van der Waals surface area contributed by atoms with Crippen molar-refractivity contribution in [2.75, 3.05) is 7.11 Å². The molecular formula is C19H24O3. The van der Waals surface area contributed by atoms with Gasteiger partial charge in [-0.05, 0) is 60.8 Å². The molecule has 3 aliphatic rings. The minimum atomic E-state index is -0.440. The summed E-state index contributed by atoms with van der Waals surface area (Å²) >= 11 is 0. The molecule has 3 heteroatoms. The first-order chi connectivity index (χ1) is 10.5. The van der Waals surface area contributed by atoms with Gasteiger partial charge in [-0.25, -0.2) is 0 Å². The van der Waals surface area contributed by atoms with Crippen LogP contribution in [0.15, 0.2) is 18.2 Å². The van der Waals surface area contributed by atoms with Crippen LogP contribution in [0.5, 0.6) is 5.75 Å². The highest BCUT2D eigenvalue weighted by molar-refractivity contribution is 5.88. The molecule has 1 N–H and O–H groups in total. The molecule has 3 aliphatic carbocycles. The van der Waals surface area contributed by atoms with Gasteiger partial charge in [0, 0.05) is 17.8 Å². The number of methoxy groups -OCH3 is 1. The topological polar surface area (TPSA) is 46.5 Å². The summed E-state index contributed by atoms with van der Waals surface area (Å²) in [5.41, 5.74) is 2.53. The molecule has 2 saturated carbocycles. The SMILES string of the molecule is COc1ccc2c(c1)CC[C@H]1[C@@H]3[C@H](O)CC(=O)[C@@]3(C)CC[C@H]21. The van der Waals surface area contributed by atoms with E-state index in [-0.39, 0.29) is 17.1 Å². The molecule has 0 spiro atoms. The minimum absolute atomic E-state index is 0.147. The maximum absolute atomic E-state index is 12.4. The van der Waals surface area contributed by atoms with E-state index in [0.29, 0.717) is 18.3 Å². The number of ether oxygens (including phenoxy) is 1. The summed E-state index contributed by atoms with van der Waals surface area (Å²) in [6.07, 6.45) is 4.01. The second-order valence-corrected chi connectivity index (χ2v) is 7.55. The van der Waals surface area contributed by atoms with Crippen molar-refractivity contribution < 1.29 is 14.6 Å². The standard InChI is InChI=1S/C19H24O3/c1-19-8-7-14-13-6-4-12(22-2)9-11(13)3-5-15(14)18(19)16(20)10-17(19)21/h4,6,9,14-16,18,20H,3,5,7-8,10H2,1-2H3/t14-,15-,16-,18-,19-/m1/s1. The number of carbonyl (C=O) groups is 1. The summed E-state index contributed by atoms with van der Waals surface area (Å²) in [5, 5.41) is 10.5. The lowest BCUT2D eigenvalue weighted by molar-refractivity contribution is -0.129. The summed E-state index contributed by atoms with van der Waals surface area (Å²) in [6.45, 7) is 2.09. The maximum atomic E-state index is 12.4. The molecule has 0 unspecified atom stereocenters. The fourth-order valence-electron chi connectivity index (χ4n) is 5.52. The van der Waals surface area contributed by atoms with E-state index < -0.39 is 6.10 Å². The highest BCUT2D eigenvalue weighted by atomic mass is 16.5. The molecule has 4 rings (SSSR count). The largest absolute Gasteiger partial charge is 0.497 e. The minimum Gasteiger partial charge on any atom is -0.497 e. The first-order valence-corrected chi connectivity index (χ1v) is 8.43. The molecule has 118 valence electrons. The number of Topliss-reactive ketones (excluding diaryl/α,β-unsaturated/α-hetero) is 1. The zero-order valence-electron chi connectivity index (χ0n) is 13.3. The van der Waals surface area contributed by atoms with Gasteiger partial charge < -0.3 is 9.84 Å². The fourth-order valence-corrected chi connectivity index (χ4v) is 5.52. The van der Waals surface area contributed by atoms with Crippen LogP contribution in [0.25, 0.3) is 0 Å². The molecule has 0 amide bonds. The van der Waals surface area contributed by atoms with Crippen molar-refractivity contribution in [1.29, 1.82) is 0 Å². The number of aliphatic hydroxyl groups excluding tert-OH is 1. The number of benzene rings is 1. The Hall–Kier alpha value is -1.35. The molecule has 0 heterocycles. The molecule has 5 atom stereocenters. The van der Waals surface area contributed by atoms with E-state index in [4.69, 9.17) is 4.74 Å². The number of aryl methyl sites for hydroxylation is 1. The molecule has 0 aliphatic heterocycles. The van der Waals surface area contributed by atoms with E-state index in [0.717, 1.165) is 31.4 Å². The van der Waals surface area contributed by atoms with Crippen LogP contribution in [0.4, 0.5) is 0 Å². The quantitative estimate of drug-likeness (QED) is 0.867. The highest BCUT2D eigenvalue weighted by Gasteiger charge is 2.58.